The molecule has 0 aromatic carbocycles. The van der Waals surface area contributed by atoms with E-state index in [-0.39, 0.29) is 43.7 Å². The standard InChI is InChI=1S/C11H18O2.C9H20O2.C8H18O2.C7H16O2.C6H14O2.C5H12O2.C4H10O2.C3H8O2/c1-4-12-11(13-5-2)9-7-6-8-10(11)3;1-4-7-10-9(6-3)11-8-5-2;1-4-7-8(9-5-2)10-6-3;1-4-7(8-5-2)9-6-3;1-4-5-6(7-2)8-3;1-4-5(6-2)7-3;1-4(5-2)6-3;1-4-3-5-2/h6-10H,4-5H2,1-3H3;9H,4-8H2,1-3H3;8H,4-7H2,1-3H3;7H,4-6H2,1-3H3;6H,4-5H2,1-3H3;5H,4H2,1-3H3;4H,1-3H3;3H2,1-2H3. The molecule has 0 fully saturated rings. The molecule has 0 radical (unpaired) electrons. The molecule has 1 aliphatic carbocycles. The quantitative estimate of drug-likeness (QED) is 0.0574. The van der Waals surface area contributed by atoms with Crippen LogP contribution in [0.1, 0.15) is 162 Å². The molecule has 0 N–H and O–H groups in total. The Hall–Kier alpha value is -1.16. The Morgan fingerprint density at radius 3 is 0.986 bits per heavy atom. The highest BCUT2D eigenvalue weighted by atomic mass is 16.7. The summed E-state index contributed by atoms with van der Waals surface area (Å²) in [5, 5.41) is 0. The number of hydrogen-bond donors (Lipinski definition) is 0. The lowest BCUT2D eigenvalue weighted by atomic mass is 9.95. The molecule has 0 bridgehead atoms. The van der Waals surface area contributed by atoms with Crippen LogP contribution in [-0.4, -0.2) is 160 Å². The fourth-order valence-electron chi connectivity index (χ4n) is 5.03. The number of ether oxygens (including phenoxy) is 16. The highest BCUT2D eigenvalue weighted by Crippen LogP contribution is 2.29. The topological polar surface area (TPSA) is 148 Å². The van der Waals surface area contributed by atoms with Crippen LogP contribution in [0.3, 0.4) is 0 Å². The summed E-state index contributed by atoms with van der Waals surface area (Å²) < 4.78 is 81.0. The van der Waals surface area contributed by atoms with Crippen LogP contribution in [0.4, 0.5) is 0 Å². The average molecular weight is 1010 g/mol. The van der Waals surface area contributed by atoms with Gasteiger partial charge in [0.1, 0.15) is 6.79 Å². The molecule has 424 valence electrons. The maximum atomic E-state index is 5.66. The largest absolute Gasteiger partial charge is 0.359 e. The first kappa shape index (κ1) is 81.9. The summed E-state index contributed by atoms with van der Waals surface area (Å²) in [7, 11) is 13.0. The molecule has 16 nitrogen and oxygen atoms in total. The third-order valence-electron chi connectivity index (χ3n) is 8.64. The van der Waals surface area contributed by atoms with E-state index in [9.17, 15) is 0 Å². The van der Waals surface area contributed by atoms with E-state index < -0.39 is 5.79 Å². The molecule has 0 aromatic heterocycles. The maximum absolute atomic E-state index is 5.66. The highest BCUT2D eigenvalue weighted by Gasteiger charge is 2.34. The van der Waals surface area contributed by atoms with Crippen LogP contribution >= 0.6 is 0 Å². The van der Waals surface area contributed by atoms with E-state index in [0.29, 0.717) is 20.0 Å². The SMILES string of the molecule is CCC(OC)OC.CCCC(OC)OC.CCCC(OCC)OCC.CCCOC(CC)OCCC.CCOC(CC)OCC.CCOC1(OCC)C=CC=CC1C.COC(C)OC.COCOC. The van der Waals surface area contributed by atoms with Gasteiger partial charge in [-0.15, -0.1) is 0 Å². The van der Waals surface area contributed by atoms with E-state index in [4.69, 9.17) is 56.8 Å². The lowest BCUT2D eigenvalue weighted by Gasteiger charge is -2.35. The third-order valence-corrected chi connectivity index (χ3v) is 8.64. The van der Waals surface area contributed by atoms with E-state index in [1.54, 1.807) is 56.9 Å². The van der Waals surface area contributed by atoms with Gasteiger partial charge in [0.2, 0.25) is 0 Å². The van der Waals surface area contributed by atoms with Gasteiger partial charge < -0.3 is 75.8 Å². The lowest BCUT2D eigenvalue weighted by molar-refractivity contribution is -0.219. The molecule has 69 heavy (non-hydrogen) atoms. The van der Waals surface area contributed by atoms with Crippen molar-refractivity contribution in [2.75, 3.05) is 117 Å². The Balaban J connectivity index is -0.000000129. The van der Waals surface area contributed by atoms with E-state index in [1.165, 1.54) is 0 Å². The van der Waals surface area contributed by atoms with Crippen LogP contribution in [-0.2, 0) is 75.8 Å². The summed E-state index contributed by atoms with van der Waals surface area (Å²) in [5.41, 5.74) is 0. The van der Waals surface area contributed by atoms with Crippen molar-refractivity contribution >= 4 is 0 Å². The van der Waals surface area contributed by atoms with Crippen molar-refractivity contribution in [1.29, 1.82) is 0 Å². The zero-order valence-electron chi connectivity index (χ0n) is 49.1. The van der Waals surface area contributed by atoms with E-state index in [2.05, 4.69) is 73.5 Å². The smallest absolute Gasteiger partial charge is 0.194 e. The number of methoxy groups -OCH3 is 8. The predicted molar refractivity (Wildman–Crippen MR) is 282 cm³/mol. The second-order valence-electron chi connectivity index (χ2n) is 14.3. The summed E-state index contributed by atoms with van der Waals surface area (Å²) in [5.74, 6) is -0.254. The number of hydrogen-bond acceptors (Lipinski definition) is 16. The second-order valence-corrected chi connectivity index (χ2v) is 14.3. The monoisotopic (exact) mass is 1010 g/mol. The molecule has 0 aliphatic heterocycles. The van der Waals surface area contributed by atoms with Gasteiger partial charge in [0.15, 0.2) is 43.5 Å². The van der Waals surface area contributed by atoms with E-state index in [1.807, 2.05) is 73.6 Å². The fraction of sp³-hybridized carbons (Fsp3) is 0.925. The molecule has 0 spiro atoms. The average Bonchev–Trinajstić information content (AvgIpc) is 3.36. The van der Waals surface area contributed by atoms with Gasteiger partial charge in [-0.05, 0) is 99.5 Å². The van der Waals surface area contributed by atoms with Gasteiger partial charge in [0.25, 0.3) is 0 Å². The van der Waals surface area contributed by atoms with Crippen LogP contribution in [0.25, 0.3) is 0 Å². The van der Waals surface area contributed by atoms with E-state index >= 15 is 0 Å². The zero-order valence-corrected chi connectivity index (χ0v) is 49.1. The Kier molecular flexibility index (Phi) is 84.4. The first-order valence-corrected chi connectivity index (χ1v) is 25.7. The molecule has 1 aliphatic rings. The first-order chi connectivity index (χ1) is 33.2. The highest BCUT2D eigenvalue weighted by molar-refractivity contribution is 5.18. The van der Waals surface area contributed by atoms with Crippen LogP contribution in [0.2, 0.25) is 0 Å². The van der Waals surface area contributed by atoms with Gasteiger partial charge >= 0.3 is 0 Å². The summed E-state index contributed by atoms with van der Waals surface area (Å²) in [6, 6.07) is 0. The first-order valence-electron chi connectivity index (χ1n) is 25.7. The zero-order chi connectivity index (χ0) is 54.4. The van der Waals surface area contributed by atoms with Crippen molar-refractivity contribution in [3.8, 4) is 0 Å². The summed E-state index contributed by atoms with van der Waals surface area (Å²) in [6.07, 6.45) is 17.2. The minimum atomic E-state index is -0.530. The van der Waals surface area contributed by atoms with Gasteiger partial charge in [0.05, 0.1) is 0 Å². The lowest BCUT2D eigenvalue weighted by Crippen LogP contribution is -2.41. The van der Waals surface area contributed by atoms with Crippen LogP contribution < -0.4 is 0 Å². The summed E-state index contributed by atoms with van der Waals surface area (Å²) in [4.78, 5) is 0. The molecule has 1 rings (SSSR count). The molecule has 0 saturated carbocycles. The van der Waals surface area contributed by atoms with Gasteiger partial charge in [-0.2, -0.15) is 0 Å². The molecule has 0 amide bonds. The van der Waals surface area contributed by atoms with Crippen LogP contribution in [0.5, 0.6) is 0 Å². The van der Waals surface area contributed by atoms with E-state index in [0.717, 1.165) is 97.4 Å². The normalized spacial score (nSPS) is 13.1. The minimum absolute atomic E-state index is 0.000000000000000444. The summed E-state index contributed by atoms with van der Waals surface area (Å²) in [6.45, 7) is 36.7. The minimum Gasteiger partial charge on any atom is -0.359 e. The molecular formula is C53H116O16. The van der Waals surface area contributed by atoms with Crippen molar-refractivity contribution in [2.45, 2.75) is 205 Å². The van der Waals surface area contributed by atoms with Gasteiger partial charge in [-0.1, -0.05) is 86.5 Å². The maximum Gasteiger partial charge on any atom is 0.194 e. The van der Waals surface area contributed by atoms with Crippen LogP contribution in [0.15, 0.2) is 24.3 Å². The molecule has 1 atom stereocenters. The van der Waals surface area contributed by atoms with Crippen molar-refractivity contribution in [2.24, 2.45) is 5.92 Å². The Morgan fingerprint density at radius 2 is 0.768 bits per heavy atom. The third kappa shape index (κ3) is 62.9. The Morgan fingerprint density at radius 1 is 0.406 bits per heavy atom. The molecule has 16 heteroatoms. The van der Waals surface area contributed by atoms with Gasteiger partial charge in [0, 0.05) is 116 Å². The van der Waals surface area contributed by atoms with Gasteiger partial charge in [-0.3, -0.25) is 0 Å². The summed E-state index contributed by atoms with van der Waals surface area (Å²) >= 11 is 0. The van der Waals surface area contributed by atoms with Crippen molar-refractivity contribution in [3.63, 3.8) is 0 Å². The van der Waals surface area contributed by atoms with Crippen molar-refractivity contribution < 1.29 is 75.8 Å². The molecule has 0 saturated heterocycles. The van der Waals surface area contributed by atoms with Crippen LogP contribution in [0, 0.1) is 5.92 Å². The second kappa shape index (κ2) is 71.1. The van der Waals surface area contributed by atoms with Crippen molar-refractivity contribution in [3.05, 3.63) is 24.3 Å². The molecular weight excluding hydrogens is 893 g/mol. The Labute approximate surface area is 426 Å². The Bertz CT molecular complexity index is 863. The van der Waals surface area contributed by atoms with Gasteiger partial charge in [-0.25, -0.2) is 0 Å². The molecule has 0 heterocycles. The van der Waals surface area contributed by atoms with Crippen molar-refractivity contribution in [1.82, 2.24) is 0 Å². The number of allylic oxidation sites excluding steroid dienone is 2. The fourth-order valence-corrected chi connectivity index (χ4v) is 5.03. The predicted octanol–water partition coefficient (Wildman–Crippen LogP) is 12.4. The number of rotatable bonds is 33. The molecule has 0 aromatic rings. The molecule has 1 unspecified atom stereocenters.